The number of rotatable bonds is 6. The molecule has 31 heavy (non-hydrogen) atoms. The van der Waals surface area contributed by atoms with Crippen molar-refractivity contribution in [2.24, 2.45) is 0 Å². The molecular weight excluding hydrogens is 412 g/mol. The molecule has 1 aromatic heterocycles. The van der Waals surface area contributed by atoms with Gasteiger partial charge in [-0.25, -0.2) is 4.98 Å². The Morgan fingerprint density at radius 3 is 2.35 bits per heavy atom. The second-order valence-electron chi connectivity index (χ2n) is 6.66. The van der Waals surface area contributed by atoms with Crippen molar-refractivity contribution < 1.29 is 4.79 Å². The van der Waals surface area contributed by atoms with Gasteiger partial charge in [0.2, 0.25) is 5.95 Å². The van der Waals surface area contributed by atoms with Crippen LogP contribution in [0.2, 0.25) is 0 Å². The number of halogens is 1. The van der Waals surface area contributed by atoms with Crippen LogP contribution in [0.3, 0.4) is 0 Å². The number of hydrogen-bond acceptors (Lipinski definition) is 7. The molecule has 3 rings (SSSR count). The van der Waals surface area contributed by atoms with Crippen LogP contribution >= 0.6 is 11.6 Å². The molecule has 0 aliphatic heterocycles. The number of anilines is 4. The number of allylic oxidation sites excluding steroid dienone is 1. The number of aromatic nitrogens is 2. The van der Waals surface area contributed by atoms with E-state index in [0.717, 1.165) is 22.4 Å². The molecule has 0 aliphatic carbocycles. The Morgan fingerprint density at radius 2 is 1.77 bits per heavy atom. The van der Waals surface area contributed by atoms with E-state index in [0.29, 0.717) is 11.3 Å². The highest BCUT2D eigenvalue weighted by Gasteiger charge is 2.15. The van der Waals surface area contributed by atoms with Gasteiger partial charge in [-0.1, -0.05) is 0 Å². The number of nitrogens with one attached hydrogen (secondary N) is 2. The molecule has 0 bridgehead atoms. The van der Waals surface area contributed by atoms with Crippen molar-refractivity contribution in [1.29, 1.82) is 10.5 Å². The zero-order valence-corrected chi connectivity index (χ0v) is 17.5. The summed E-state index contributed by atoms with van der Waals surface area (Å²) in [5.41, 5.74) is 4.85. The first-order chi connectivity index (χ1) is 14.9. The third-order valence-electron chi connectivity index (χ3n) is 4.42. The molecule has 0 saturated heterocycles. The Labute approximate surface area is 184 Å². The first-order valence-corrected chi connectivity index (χ1v) is 9.57. The van der Waals surface area contributed by atoms with Crippen LogP contribution in [0.4, 0.5) is 23.1 Å². The lowest BCUT2D eigenvalue weighted by Crippen LogP contribution is -2.08. The average Bonchev–Trinajstić information content (AvgIpc) is 2.75. The zero-order chi connectivity index (χ0) is 22.4. The number of nitrogens with zero attached hydrogens (tertiary/aromatic N) is 4. The second-order valence-corrected chi connectivity index (χ2v) is 7.00. The van der Waals surface area contributed by atoms with E-state index in [4.69, 9.17) is 22.1 Å². The van der Waals surface area contributed by atoms with E-state index in [1.165, 1.54) is 12.3 Å². The van der Waals surface area contributed by atoms with Crippen LogP contribution in [0.1, 0.15) is 32.6 Å². The quantitative estimate of drug-likeness (QED) is 0.400. The molecule has 2 aromatic carbocycles. The maximum Gasteiger partial charge on any atom is 0.257 e. The maximum atomic E-state index is 11.9. The molecule has 0 aliphatic rings. The molecule has 0 atom stereocenters. The van der Waals surface area contributed by atoms with E-state index in [1.807, 2.05) is 32.0 Å². The van der Waals surface area contributed by atoms with Crippen molar-refractivity contribution in [3.05, 3.63) is 76.5 Å². The van der Waals surface area contributed by atoms with Crippen molar-refractivity contribution in [2.45, 2.75) is 13.8 Å². The summed E-state index contributed by atoms with van der Waals surface area (Å²) in [7, 11) is 0. The normalized spacial score (nSPS) is 10.4. The van der Waals surface area contributed by atoms with Crippen molar-refractivity contribution >= 4 is 46.1 Å². The van der Waals surface area contributed by atoms with Crippen LogP contribution < -0.4 is 10.6 Å². The molecule has 1 heterocycles. The van der Waals surface area contributed by atoms with Crippen LogP contribution in [0.25, 0.3) is 6.08 Å². The van der Waals surface area contributed by atoms with Gasteiger partial charge in [0.15, 0.2) is 0 Å². The van der Waals surface area contributed by atoms with Gasteiger partial charge in [-0.15, -0.1) is 0 Å². The monoisotopic (exact) mass is 428 g/mol. The topological polar surface area (TPSA) is 114 Å². The van der Waals surface area contributed by atoms with Gasteiger partial charge in [0, 0.05) is 23.6 Å². The van der Waals surface area contributed by atoms with Gasteiger partial charge in [0.1, 0.15) is 5.82 Å². The smallest absolute Gasteiger partial charge is 0.257 e. The highest BCUT2D eigenvalue weighted by Crippen LogP contribution is 2.29. The number of carbonyl (C=O) groups excluding carboxylic acids is 1. The summed E-state index contributed by atoms with van der Waals surface area (Å²) >= 11 is 5.73. The van der Waals surface area contributed by atoms with Crippen molar-refractivity contribution in [3.8, 4) is 12.1 Å². The Bertz CT molecular complexity index is 1230. The van der Waals surface area contributed by atoms with E-state index < -0.39 is 5.24 Å². The van der Waals surface area contributed by atoms with Crippen LogP contribution in [-0.4, -0.2) is 15.2 Å². The molecule has 0 spiro atoms. The minimum Gasteiger partial charge on any atom is -0.339 e. The molecule has 152 valence electrons. The second kappa shape index (κ2) is 9.53. The molecule has 8 heteroatoms. The Kier molecular flexibility index (Phi) is 6.61. The fourth-order valence-electron chi connectivity index (χ4n) is 2.98. The third kappa shape index (κ3) is 5.24. The fraction of sp³-hybridized carbons (Fsp3) is 0.0870. The summed E-state index contributed by atoms with van der Waals surface area (Å²) in [4.78, 5) is 20.5. The van der Waals surface area contributed by atoms with Gasteiger partial charge in [-0.3, -0.25) is 4.79 Å². The van der Waals surface area contributed by atoms with Crippen LogP contribution in [0.5, 0.6) is 0 Å². The predicted molar refractivity (Wildman–Crippen MR) is 121 cm³/mol. The summed E-state index contributed by atoms with van der Waals surface area (Å²) in [6, 6.07) is 14.7. The average molecular weight is 429 g/mol. The Hall–Kier alpha value is -4.20. The molecule has 0 radical (unpaired) electrons. The molecule has 0 unspecified atom stereocenters. The minimum absolute atomic E-state index is 0.138. The van der Waals surface area contributed by atoms with Gasteiger partial charge in [-0.2, -0.15) is 15.5 Å². The zero-order valence-electron chi connectivity index (χ0n) is 16.8. The summed E-state index contributed by atoms with van der Waals surface area (Å²) in [6.07, 6.45) is 4.49. The standard InChI is InChI=1S/C23H17ClN6O/c1-14-10-17(4-3-9-25)11-15(2)20(14)29-22-19(21(24)31)13-27-23(30-22)28-18-7-5-16(12-26)6-8-18/h3-8,10-11,13H,1-2H3,(H2,27,28,29,30)/b4-3+. The number of hydrogen-bond donors (Lipinski definition) is 2. The highest BCUT2D eigenvalue weighted by molar-refractivity contribution is 6.68. The summed E-state index contributed by atoms with van der Waals surface area (Å²) in [5.74, 6) is 0.524. The number of aryl methyl sites for hydroxylation is 2. The van der Waals surface area contributed by atoms with Gasteiger partial charge < -0.3 is 10.6 Å². The molecular formula is C23H17ClN6O. The summed E-state index contributed by atoms with van der Waals surface area (Å²) in [6.45, 7) is 3.83. The number of carbonyl (C=O) groups is 1. The van der Waals surface area contributed by atoms with E-state index in [1.54, 1.807) is 30.3 Å². The number of benzene rings is 2. The largest absolute Gasteiger partial charge is 0.339 e. The minimum atomic E-state index is -0.684. The lowest BCUT2D eigenvalue weighted by Gasteiger charge is -2.16. The van der Waals surface area contributed by atoms with Gasteiger partial charge >= 0.3 is 0 Å². The summed E-state index contributed by atoms with van der Waals surface area (Å²) < 4.78 is 0. The van der Waals surface area contributed by atoms with Crippen LogP contribution in [-0.2, 0) is 0 Å². The molecule has 2 N–H and O–H groups in total. The molecule has 7 nitrogen and oxygen atoms in total. The van der Waals surface area contributed by atoms with Gasteiger partial charge in [0.25, 0.3) is 5.24 Å². The summed E-state index contributed by atoms with van der Waals surface area (Å²) in [5, 5.41) is 23.2. The van der Waals surface area contributed by atoms with Crippen molar-refractivity contribution in [3.63, 3.8) is 0 Å². The van der Waals surface area contributed by atoms with E-state index >= 15 is 0 Å². The maximum absolute atomic E-state index is 11.9. The lowest BCUT2D eigenvalue weighted by atomic mass is 10.0. The van der Waals surface area contributed by atoms with Crippen molar-refractivity contribution in [1.82, 2.24) is 9.97 Å². The first kappa shape index (κ1) is 21.5. The van der Waals surface area contributed by atoms with Crippen molar-refractivity contribution in [2.75, 3.05) is 10.6 Å². The van der Waals surface area contributed by atoms with Crippen LogP contribution in [0.15, 0.2) is 48.7 Å². The number of nitriles is 2. The predicted octanol–water partition coefficient (Wildman–Crippen LogP) is 5.37. The fourth-order valence-corrected chi connectivity index (χ4v) is 3.12. The molecule has 0 fully saturated rings. The van der Waals surface area contributed by atoms with E-state index in [-0.39, 0.29) is 17.3 Å². The SMILES string of the molecule is Cc1cc(/C=C/C#N)cc(C)c1Nc1nc(Nc2ccc(C#N)cc2)ncc1C(=O)Cl. The molecule has 0 amide bonds. The Balaban J connectivity index is 1.95. The molecule has 3 aromatic rings. The van der Waals surface area contributed by atoms with Gasteiger partial charge in [0.05, 0.1) is 23.3 Å². The van der Waals surface area contributed by atoms with E-state index in [2.05, 4.69) is 26.7 Å². The Morgan fingerprint density at radius 1 is 1.10 bits per heavy atom. The van der Waals surface area contributed by atoms with Gasteiger partial charge in [-0.05, 0) is 84.6 Å². The van der Waals surface area contributed by atoms with E-state index in [9.17, 15) is 4.79 Å². The first-order valence-electron chi connectivity index (χ1n) is 9.19. The molecule has 0 saturated carbocycles. The van der Waals surface area contributed by atoms with Crippen LogP contribution in [0, 0.1) is 36.5 Å². The highest BCUT2D eigenvalue weighted by atomic mass is 35.5. The third-order valence-corrected chi connectivity index (χ3v) is 4.62. The lowest BCUT2D eigenvalue weighted by molar-refractivity contribution is 0.108.